The van der Waals surface area contributed by atoms with Crippen LogP contribution in [0.25, 0.3) is 0 Å². The molecule has 0 saturated carbocycles. The van der Waals surface area contributed by atoms with E-state index in [0.717, 1.165) is 23.2 Å². The van der Waals surface area contributed by atoms with E-state index in [1.54, 1.807) is 0 Å². The molecule has 0 aromatic heterocycles. The zero-order chi connectivity index (χ0) is 14.7. The van der Waals surface area contributed by atoms with Gasteiger partial charge >= 0.3 is 6.03 Å². The second-order valence-electron chi connectivity index (χ2n) is 5.74. The minimum atomic E-state index is -0.273. The highest BCUT2D eigenvalue weighted by Gasteiger charge is 2.29. The van der Waals surface area contributed by atoms with E-state index in [9.17, 15) is 9.90 Å². The molecular weight excluding hydrogens is 252 g/mol. The number of hydrogen-bond acceptors (Lipinski definition) is 2. The molecule has 1 heterocycles. The lowest BCUT2D eigenvalue weighted by molar-refractivity contribution is 0.0613. The van der Waals surface area contributed by atoms with Crippen LogP contribution in [0.2, 0.25) is 0 Å². The lowest BCUT2D eigenvalue weighted by Crippen LogP contribution is -2.49. The minimum Gasteiger partial charge on any atom is -0.393 e. The van der Waals surface area contributed by atoms with Gasteiger partial charge in [-0.1, -0.05) is 13.0 Å². The third-order valence-corrected chi connectivity index (χ3v) is 3.89. The fourth-order valence-corrected chi connectivity index (χ4v) is 2.93. The molecule has 1 saturated heterocycles. The van der Waals surface area contributed by atoms with E-state index in [-0.39, 0.29) is 18.2 Å². The molecule has 1 aromatic rings. The number of aryl methyl sites for hydroxylation is 2. The number of amides is 2. The first-order valence-corrected chi connectivity index (χ1v) is 7.33. The lowest BCUT2D eigenvalue weighted by Gasteiger charge is -2.37. The number of likely N-dealkylation sites (tertiary alicyclic amines) is 1. The van der Waals surface area contributed by atoms with Crippen molar-refractivity contribution in [1.82, 2.24) is 4.90 Å². The Balaban J connectivity index is 2.07. The molecule has 1 aliphatic heterocycles. The Hall–Kier alpha value is -1.55. The number of rotatable bonds is 2. The van der Waals surface area contributed by atoms with Crippen LogP contribution in [-0.4, -0.2) is 34.7 Å². The second-order valence-corrected chi connectivity index (χ2v) is 5.74. The summed E-state index contributed by atoms with van der Waals surface area (Å²) in [4.78, 5) is 14.3. The molecule has 0 aliphatic carbocycles. The van der Waals surface area contributed by atoms with Crippen LogP contribution in [0.15, 0.2) is 18.2 Å². The molecule has 0 bridgehead atoms. The van der Waals surface area contributed by atoms with Crippen molar-refractivity contribution in [2.75, 3.05) is 11.9 Å². The van der Waals surface area contributed by atoms with Gasteiger partial charge in [0.05, 0.1) is 6.10 Å². The van der Waals surface area contributed by atoms with E-state index >= 15 is 0 Å². The number of aliphatic hydroxyl groups is 1. The molecule has 0 spiro atoms. The van der Waals surface area contributed by atoms with Crippen molar-refractivity contribution >= 4 is 11.7 Å². The Morgan fingerprint density at radius 2 is 2.00 bits per heavy atom. The normalized spacial score (nSPS) is 22.7. The molecule has 20 heavy (non-hydrogen) atoms. The van der Waals surface area contributed by atoms with Gasteiger partial charge in [0.2, 0.25) is 0 Å². The third-order valence-electron chi connectivity index (χ3n) is 3.89. The van der Waals surface area contributed by atoms with Gasteiger partial charge in [0, 0.05) is 18.3 Å². The van der Waals surface area contributed by atoms with Crippen LogP contribution < -0.4 is 5.32 Å². The average Bonchev–Trinajstić information content (AvgIpc) is 2.37. The minimum absolute atomic E-state index is 0.0613. The molecule has 2 rings (SSSR count). The number of carbonyl (C=O) groups is 1. The number of piperidine rings is 1. The van der Waals surface area contributed by atoms with Gasteiger partial charge in [-0.2, -0.15) is 0 Å². The van der Waals surface area contributed by atoms with E-state index in [2.05, 4.69) is 18.3 Å². The van der Waals surface area contributed by atoms with Gasteiger partial charge in [0.25, 0.3) is 0 Å². The van der Waals surface area contributed by atoms with Crippen LogP contribution in [-0.2, 0) is 0 Å². The van der Waals surface area contributed by atoms with Gasteiger partial charge < -0.3 is 15.3 Å². The van der Waals surface area contributed by atoms with E-state index in [1.807, 2.05) is 30.9 Å². The largest absolute Gasteiger partial charge is 0.393 e. The van der Waals surface area contributed by atoms with Crippen LogP contribution in [0, 0.1) is 13.8 Å². The summed E-state index contributed by atoms with van der Waals surface area (Å²) in [5.41, 5.74) is 3.12. The SMILES string of the molecule is CC[C@H]1C[C@@H](O)CCN1C(=O)Nc1cc(C)cc(C)c1. The zero-order valence-corrected chi connectivity index (χ0v) is 12.5. The first kappa shape index (κ1) is 14.9. The highest BCUT2D eigenvalue weighted by molar-refractivity contribution is 5.89. The van der Waals surface area contributed by atoms with Crippen LogP contribution >= 0.6 is 0 Å². The zero-order valence-electron chi connectivity index (χ0n) is 12.5. The van der Waals surface area contributed by atoms with Crippen molar-refractivity contribution in [3.05, 3.63) is 29.3 Å². The van der Waals surface area contributed by atoms with E-state index in [4.69, 9.17) is 0 Å². The molecule has 1 aliphatic rings. The molecule has 4 heteroatoms. The van der Waals surface area contributed by atoms with Gasteiger partial charge in [0.15, 0.2) is 0 Å². The molecule has 110 valence electrons. The fourth-order valence-electron chi connectivity index (χ4n) is 2.93. The Morgan fingerprint density at radius 3 is 2.60 bits per heavy atom. The monoisotopic (exact) mass is 276 g/mol. The number of benzene rings is 1. The molecular formula is C16H24N2O2. The number of aliphatic hydroxyl groups excluding tert-OH is 1. The summed E-state index contributed by atoms with van der Waals surface area (Å²) >= 11 is 0. The van der Waals surface area contributed by atoms with Crippen molar-refractivity contribution in [2.45, 2.75) is 52.2 Å². The number of anilines is 1. The summed E-state index contributed by atoms with van der Waals surface area (Å²) in [6.07, 6.45) is 1.94. The standard InChI is InChI=1S/C16H24N2O2/c1-4-14-10-15(19)5-6-18(14)16(20)17-13-8-11(2)7-12(3)9-13/h7-9,14-15,19H,4-6,10H2,1-3H3,(H,17,20)/t14-,15-/m0/s1. The number of carbonyl (C=O) groups excluding carboxylic acids is 1. The van der Waals surface area contributed by atoms with Crippen molar-refractivity contribution in [2.24, 2.45) is 0 Å². The quantitative estimate of drug-likeness (QED) is 0.872. The first-order chi connectivity index (χ1) is 9.49. The number of urea groups is 1. The maximum atomic E-state index is 12.4. The number of hydrogen-bond donors (Lipinski definition) is 2. The van der Waals surface area contributed by atoms with E-state index in [0.29, 0.717) is 19.4 Å². The predicted octanol–water partition coefficient (Wildman–Crippen LogP) is 3.07. The number of nitrogens with zero attached hydrogens (tertiary/aromatic N) is 1. The molecule has 2 atom stereocenters. The van der Waals surface area contributed by atoms with Crippen LogP contribution in [0.4, 0.5) is 10.5 Å². The summed E-state index contributed by atoms with van der Waals surface area (Å²) < 4.78 is 0. The van der Waals surface area contributed by atoms with Crippen LogP contribution in [0.3, 0.4) is 0 Å². The van der Waals surface area contributed by atoms with Gasteiger partial charge in [-0.25, -0.2) is 4.79 Å². The Morgan fingerprint density at radius 1 is 1.35 bits per heavy atom. The first-order valence-electron chi connectivity index (χ1n) is 7.33. The second kappa shape index (κ2) is 6.27. The summed E-state index contributed by atoms with van der Waals surface area (Å²) in [6.45, 7) is 6.72. The maximum Gasteiger partial charge on any atom is 0.322 e. The Kier molecular flexibility index (Phi) is 4.65. The van der Waals surface area contributed by atoms with Crippen LogP contribution in [0.5, 0.6) is 0 Å². The molecule has 0 radical (unpaired) electrons. The molecule has 0 unspecified atom stereocenters. The van der Waals surface area contributed by atoms with Gasteiger partial charge in [-0.15, -0.1) is 0 Å². The highest BCUT2D eigenvalue weighted by atomic mass is 16.3. The lowest BCUT2D eigenvalue weighted by atomic mass is 9.98. The Labute approximate surface area is 120 Å². The van der Waals surface area contributed by atoms with E-state index in [1.165, 1.54) is 0 Å². The van der Waals surface area contributed by atoms with Crippen molar-refractivity contribution in [1.29, 1.82) is 0 Å². The Bertz CT molecular complexity index is 467. The summed E-state index contributed by atoms with van der Waals surface area (Å²) in [6, 6.07) is 6.11. The van der Waals surface area contributed by atoms with Gasteiger partial charge in [-0.05, 0) is 56.4 Å². The number of nitrogens with one attached hydrogen (secondary N) is 1. The maximum absolute atomic E-state index is 12.4. The van der Waals surface area contributed by atoms with Crippen LogP contribution in [0.1, 0.15) is 37.3 Å². The molecule has 2 amide bonds. The summed E-state index contributed by atoms with van der Waals surface area (Å²) in [5.74, 6) is 0. The molecule has 2 N–H and O–H groups in total. The topological polar surface area (TPSA) is 52.6 Å². The smallest absolute Gasteiger partial charge is 0.322 e. The molecule has 4 nitrogen and oxygen atoms in total. The highest BCUT2D eigenvalue weighted by Crippen LogP contribution is 2.22. The van der Waals surface area contributed by atoms with Crippen molar-refractivity contribution < 1.29 is 9.90 Å². The molecule has 1 fully saturated rings. The average molecular weight is 276 g/mol. The predicted molar refractivity (Wildman–Crippen MR) is 81.0 cm³/mol. The third kappa shape index (κ3) is 3.51. The molecule has 1 aromatic carbocycles. The summed E-state index contributed by atoms with van der Waals surface area (Å²) in [7, 11) is 0. The van der Waals surface area contributed by atoms with E-state index < -0.39 is 0 Å². The van der Waals surface area contributed by atoms with Crippen molar-refractivity contribution in [3.63, 3.8) is 0 Å². The summed E-state index contributed by atoms with van der Waals surface area (Å²) in [5, 5.41) is 12.7. The van der Waals surface area contributed by atoms with Crippen molar-refractivity contribution in [3.8, 4) is 0 Å². The van der Waals surface area contributed by atoms with Gasteiger partial charge in [0.1, 0.15) is 0 Å². The van der Waals surface area contributed by atoms with Gasteiger partial charge in [-0.3, -0.25) is 0 Å². The fraction of sp³-hybridized carbons (Fsp3) is 0.562.